The fraction of sp³-hybridized carbons (Fsp3) is 0.556. The van der Waals surface area contributed by atoms with E-state index in [0.29, 0.717) is 12.5 Å². The van der Waals surface area contributed by atoms with Gasteiger partial charge in [-0.1, -0.05) is 13.8 Å². The van der Waals surface area contributed by atoms with Crippen LogP contribution in [0, 0.1) is 0 Å². The van der Waals surface area contributed by atoms with Crippen LogP contribution >= 0.6 is 46.7 Å². The highest BCUT2D eigenvalue weighted by atomic mass is 127. The highest BCUT2D eigenvalue weighted by Gasteiger charge is 2.20. The highest BCUT2D eigenvalue weighted by Crippen LogP contribution is 2.22. The Morgan fingerprint density at radius 1 is 1.27 bits per heavy atom. The molecule has 1 N–H and O–H groups in total. The number of hydrogen-bond donors (Lipinski definition) is 1. The molecule has 0 spiro atoms. The van der Waals surface area contributed by atoms with Crippen LogP contribution in [0.1, 0.15) is 37.4 Å². The minimum absolute atomic E-state index is 0. The zero-order chi connectivity index (χ0) is 17.6. The topological polar surface area (TPSA) is 43.8 Å². The minimum Gasteiger partial charge on any atom is -0.360 e. The van der Waals surface area contributed by atoms with Crippen LogP contribution < -0.4 is 10.2 Å². The normalized spacial score (nSPS) is 15.3. The number of hydrogen-bond acceptors (Lipinski definition) is 5. The Bertz CT molecular complexity index is 676. The molecule has 0 atom stereocenters. The van der Waals surface area contributed by atoms with Crippen molar-refractivity contribution in [2.24, 2.45) is 4.99 Å². The van der Waals surface area contributed by atoms with Crippen molar-refractivity contribution in [3.8, 4) is 0 Å². The first-order valence-corrected chi connectivity index (χ1v) is 10.7. The number of halogens is 1. The van der Waals surface area contributed by atoms with E-state index in [-0.39, 0.29) is 24.0 Å². The van der Waals surface area contributed by atoms with Gasteiger partial charge in [0.05, 0.1) is 22.2 Å². The van der Waals surface area contributed by atoms with Gasteiger partial charge in [0, 0.05) is 44.0 Å². The zero-order valence-electron chi connectivity index (χ0n) is 15.6. The van der Waals surface area contributed by atoms with Crippen molar-refractivity contribution in [3.63, 3.8) is 0 Å². The summed E-state index contributed by atoms with van der Waals surface area (Å²) < 4.78 is 0. The minimum atomic E-state index is 0. The van der Waals surface area contributed by atoms with Gasteiger partial charge in [-0.3, -0.25) is 0 Å². The Morgan fingerprint density at radius 2 is 2.04 bits per heavy atom. The van der Waals surface area contributed by atoms with Crippen molar-refractivity contribution in [3.05, 3.63) is 33.6 Å². The largest absolute Gasteiger partial charge is 0.360 e. The van der Waals surface area contributed by atoms with Crippen molar-refractivity contribution in [1.82, 2.24) is 15.2 Å². The van der Waals surface area contributed by atoms with Gasteiger partial charge >= 0.3 is 0 Å². The maximum atomic E-state index is 4.83. The number of nitrogens with one attached hydrogen (secondary N) is 1. The van der Waals surface area contributed by atoms with Gasteiger partial charge in [0.1, 0.15) is 0 Å². The first-order valence-electron chi connectivity index (χ1n) is 8.93. The average Bonchev–Trinajstić information content (AvgIpc) is 3.30. The van der Waals surface area contributed by atoms with Crippen LogP contribution in [0.25, 0.3) is 0 Å². The number of nitrogens with zero attached hydrogens (tertiary/aromatic N) is 4. The Morgan fingerprint density at radius 3 is 2.62 bits per heavy atom. The quantitative estimate of drug-likeness (QED) is 0.375. The molecule has 3 heterocycles. The van der Waals surface area contributed by atoms with Crippen LogP contribution in [0.3, 0.4) is 0 Å². The lowest BCUT2D eigenvalue weighted by molar-refractivity contribution is 0.373. The summed E-state index contributed by atoms with van der Waals surface area (Å²) in [6.07, 6.45) is 0. The molecule has 0 amide bonds. The van der Waals surface area contributed by atoms with Gasteiger partial charge in [0.2, 0.25) is 0 Å². The smallest absolute Gasteiger partial charge is 0.194 e. The molecule has 0 aromatic carbocycles. The third-order valence-corrected chi connectivity index (χ3v) is 6.31. The molecule has 1 fully saturated rings. The second kappa shape index (κ2) is 10.5. The van der Waals surface area contributed by atoms with Gasteiger partial charge in [-0.2, -0.15) is 0 Å². The van der Waals surface area contributed by atoms with Crippen molar-refractivity contribution in [2.45, 2.75) is 33.2 Å². The van der Waals surface area contributed by atoms with Crippen LogP contribution in [0.15, 0.2) is 27.9 Å². The zero-order valence-corrected chi connectivity index (χ0v) is 19.6. The SMILES string of the molecule is CCNC(=NCc1csc(C(C)C)n1)N1CCN(c2cccs2)CC1.I. The molecule has 3 rings (SSSR count). The Hall–Kier alpha value is -0.870. The molecule has 0 unspecified atom stereocenters. The van der Waals surface area contributed by atoms with E-state index in [4.69, 9.17) is 9.98 Å². The second-order valence-electron chi connectivity index (χ2n) is 6.43. The molecule has 2 aromatic heterocycles. The summed E-state index contributed by atoms with van der Waals surface area (Å²) in [4.78, 5) is 14.3. The van der Waals surface area contributed by atoms with Gasteiger partial charge in [0.15, 0.2) is 5.96 Å². The first kappa shape index (κ1) is 21.4. The fourth-order valence-corrected chi connectivity index (χ4v) is 4.44. The number of rotatable bonds is 5. The van der Waals surface area contributed by atoms with E-state index >= 15 is 0 Å². The van der Waals surface area contributed by atoms with E-state index in [9.17, 15) is 0 Å². The summed E-state index contributed by atoms with van der Waals surface area (Å²) in [7, 11) is 0. The highest BCUT2D eigenvalue weighted by molar-refractivity contribution is 14.0. The Kier molecular flexibility index (Phi) is 8.62. The predicted octanol–water partition coefficient (Wildman–Crippen LogP) is 4.23. The number of thiophene rings is 1. The summed E-state index contributed by atoms with van der Waals surface area (Å²) in [5.41, 5.74) is 1.07. The van der Waals surface area contributed by atoms with E-state index in [2.05, 4.69) is 58.8 Å². The lowest BCUT2D eigenvalue weighted by atomic mass is 10.2. The van der Waals surface area contributed by atoms with Crippen LogP contribution in [0.4, 0.5) is 5.00 Å². The summed E-state index contributed by atoms with van der Waals surface area (Å²) in [5, 5.41) is 10.3. The second-order valence-corrected chi connectivity index (χ2v) is 8.24. The molecule has 0 aliphatic carbocycles. The summed E-state index contributed by atoms with van der Waals surface area (Å²) in [6, 6.07) is 4.32. The van der Waals surface area contributed by atoms with E-state index in [1.807, 2.05) is 11.3 Å². The van der Waals surface area contributed by atoms with Gasteiger partial charge in [-0.15, -0.1) is 46.7 Å². The molecule has 1 saturated heterocycles. The molecule has 0 bridgehead atoms. The van der Waals surface area contributed by atoms with Crippen LogP contribution in [0.5, 0.6) is 0 Å². The number of aromatic nitrogens is 1. The van der Waals surface area contributed by atoms with Gasteiger partial charge in [-0.25, -0.2) is 9.98 Å². The van der Waals surface area contributed by atoms with E-state index < -0.39 is 0 Å². The summed E-state index contributed by atoms with van der Waals surface area (Å²) >= 11 is 3.55. The van der Waals surface area contributed by atoms with Crippen molar-refractivity contribution >= 4 is 57.6 Å². The van der Waals surface area contributed by atoms with Crippen LogP contribution in [-0.2, 0) is 6.54 Å². The summed E-state index contributed by atoms with van der Waals surface area (Å²) in [6.45, 7) is 12.1. The number of thiazole rings is 1. The first-order chi connectivity index (χ1) is 12.2. The molecule has 26 heavy (non-hydrogen) atoms. The molecule has 5 nitrogen and oxygen atoms in total. The lowest BCUT2D eigenvalue weighted by Gasteiger charge is -2.37. The third kappa shape index (κ3) is 5.56. The molecule has 1 aliphatic heterocycles. The van der Waals surface area contributed by atoms with E-state index in [0.717, 1.165) is 44.4 Å². The third-order valence-electron chi connectivity index (χ3n) is 4.19. The van der Waals surface area contributed by atoms with E-state index in [1.165, 1.54) is 10.0 Å². The van der Waals surface area contributed by atoms with Crippen LogP contribution in [0.2, 0.25) is 0 Å². The molecule has 0 radical (unpaired) electrons. The number of guanidine groups is 1. The van der Waals surface area contributed by atoms with Crippen molar-refractivity contribution in [2.75, 3.05) is 37.6 Å². The molecule has 144 valence electrons. The lowest BCUT2D eigenvalue weighted by Crippen LogP contribution is -2.52. The monoisotopic (exact) mass is 505 g/mol. The Labute approximate surface area is 181 Å². The van der Waals surface area contributed by atoms with Gasteiger partial charge < -0.3 is 15.1 Å². The van der Waals surface area contributed by atoms with Crippen molar-refractivity contribution in [1.29, 1.82) is 0 Å². The van der Waals surface area contributed by atoms with Crippen LogP contribution in [-0.4, -0.2) is 48.6 Å². The predicted molar refractivity (Wildman–Crippen MR) is 125 cm³/mol. The number of aliphatic imine (C=N–C) groups is 1. The standard InChI is InChI=1S/C18H27N5S2.HI/c1-4-19-18(20-12-15-13-25-17(21-15)14(2)3)23-9-7-22(8-10-23)16-6-5-11-24-16;/h5-6,11,13-14H,4,7-10,12H2,1-3H3,(H,19,20);1H. The molecule has 1 aliphatic rings. The number of piperazine rings is 1. The maximum absolute atomic E-state index is 4.83. The molecular formula is C18H28IN5S2. The molecule has 2 aromatic rings. The van der Waals surface area contributed by atoms with E-state index in [1.54, 1.807) is 11.3 Å². The molecule has 0 saturated carbocycles. The molecular weight excluding hydrogens is 477 g/mol. The van der Waals surface area contributed by atoms with Gasteiger partial charge in [-0.05, 0) is 24.4 Å². The number of anilines is 1. The summed E-state index contributed by atoms with van der Waals surface area (Å²) in [5.74, 6) is 1.49. The maximum Gasteiger partial charge on any atom is 0.194 e. The van der Waals surface area contributed by atoms with Crippen molar-refractivity contribution < 1.29 is 0 Å². The Balaban J connectivity index is 0.00000243. The average molecular weight is 505 g/mol. The fourth-order valence-electron chi connectivity index (χ4n) is 2.83. The van der Waals surface area contributed by atoms with Gasteiger partial charge in [0.25, 0.3) is 0 Å². The molecule has 8 heteroatoms.